The molecule has 0 unspecified atom stereocenters. The predicted octanol–water partition coefficient (Wildman–Crippen LogP) is 5.90. The first-order valence-corrected chi connectivity index (χ1v) is 7.39. The van der Waals surface area contributed by atoms with Gasteiger partial charge in [-0.3, -0.25) is 0 Å². The van der Waals surface area contributed by atoms with Gasteiger partial charge in [-0.05, 0) is 34.7 Å². The molecule has 3 heteroatoms. The zero-order valence-corrected chi connectivity index (χ0v) is 13.5. The second-order valence-corrected chi connectivity index (χ2v) is 6.83. The number of halogens is 2. The van der Waals surface area contributed by atoms with E-state index in [-0.39, 0.29) is 5.41 Å². The van der Waals surface area contributed by atoms with E-state index in [9.17, 15) is 0 Å². The Kier molecular flexibility index (Phi) is 4.62. The van der Waals surface area contributed by atoms with Gasteiger partial charge in [-0.25, -0.2) is 0 Å². The molecule has 0 amide bonds. The van der Waals surface area contributed by atoms with Crippen LogP contribution in [0.5, 0.6) is 0 Å². The standard InChI is InChI=1S/C17H19Cl2N/c1-17(2,3)13-6-4-12(5-7-13)11-20-16-9-14(18)8-15(19)10-16/h4-10,20H,11H2,1-3H3. The van der Waals surface area contributed by atoms with Crippen LogP contribution in [0.25, 0.3) is 0 Å². The zero-order chi connectivity index (χ0) is 14.8. The molecule has 0 heterocycles. The molecule has 1 N–H and O–H groups in total. The molecule has 2 aromatic rings. The number of nitrogens with one attached hydrogen (secondary N) is 1. The van der Waals surface area contributed by atoms with E-state index in [0.717, 1.165) is 12.2 Å². The molecule has 0 radical (unpaired) electrons. The Balaban J connectivity index is 2.04. The third-order valence-corrected chi connectivity index (χ3v) is 3.62. The number of rotatable bonds is 3. The summed E-state index contributed by atoms with van der Waals surface area (Å²) in [5.41, 5.74) is 3.69. The molecule has 0 aromatic heterocycles. The van der Waals surface area contributed by atoms with Gasteiger partial charge in [0, 0.05) is 22.3 Å². The molecular weight excluding hydrogens is 289 g/mol. The van der Waals surface area contributed by atoms with E-state index in [2.05, 4.69) is 50.4 Å². The van der Waals surface area contributed by atoms with E-state index in [1.54, 1.807) is 6.07 Å². The van der Waals surface area contributed by atoms with Gasteiger partial charge >= 0.3 is 0 Å². The Hall–Kier alpha value is -1.18. The summed E-state index contributed by atoms with van der Waals surface area (Å²) < 4.78 is 0. The molecule has 2 aromatic carbocycles. The maximum Gasteiger partial charge on any atom is 0.0441 e. The van der Waals surface area contributed by atoms with Gasteiger partial charge in [0.15, 0.2) is 0 Å². The SMILES string of the molecule is CC(C)(C)c1ccc(CNc2cc(Cl)cc(Cl)c2)cc1. The lowest BCUT2D eigenvalue weighted by molar-refractivity contribution is 0.590. The smallest absolute Gasteiger partial charge is 0.0441 e. The van der Waals surface area contributed by atoms with E-state index < -0.39 is 0 Å². The fraction of sp³-hybridized carbons (Fsp3) is 0.294. The molecule has 20 heavy (non-hydrogen) atoms. The van der Waals surface area contributed by atoms with Crippen molar-refractivity contribution >= 4 is 28.9 Å². The van der Waals surface area contributed by atoms with Gasteiger partial charge in [0.2, 0.25) is 0 Å². The average Bonchev–Trinajstić information content (AvgIpc) is 2.35. The Morgan fingerprint density at radius 3 is 1.95 bits per heavy atom. The molecular formula is C17H19Cl2N. The lowest BCUT2D eigenvalue weighted by Crippen LogP contribution is -2.11. The normalized spacial score (nSPS) is 11.4. The summed E-state index contributed by atoms with van der Waals surface area (Å²) in [6, 6.07) is 14.1. The third-order valence-electron chi connectivity index (χ3n) is 3.18. The van der Waals surface area contributed by atoms with Gasteiger partial charge in [0.1, 0.15) is 0 Å². The lowest BCUT2D eigenvalue weighted by Gasteiger charge is -2.19. The largest absolute Gasteiger partial charge is 0.381 e. The van der Waals surface area contributed by atoms with Crippen LogP contribution >= 0.6 is 23.2 Å². The van der Waals surface area contributed by atoms with Gasteiger partial charge in [0.25, 0.3) is 0 Å². The van der Waals surface area contributed by atoms with Crippen LogP contribution < -0.4 is 5.32 Å². The van der Waals surface area contributed by atoms with Crippen LogP contribution in [0, 0.1) is 0 Å². The molecule has 1 nitrogen and oxygen atoms in total. The van der Waals surface area contributed by atoms with E-state index >= 15 is 0 Å². The molecule has 0 bridgehead atoms. The molecule has 0 aliphatic heterocycles. The third kappa shape index (κ3) is 4.16. The van der Waals surface area contributed by atoms with Gasteiger partial charge in [-0.1, -0.05) is 68.2 Å². The van der Waals surface area contributed by atoms with Crippen molar-refractivity contribution in [3.05, 3.63) is 63.6 Å². The average molecular weight is 308 g/mol. The van der Waals surface area contributed by atoms with Crippen molar-refractivity contribution in [3.8, 4) is 0 Å². The second-order valence-electron chi connectivity index (χ2n) is 5.96. The van der Waals surface area contributed by atoms with E-state index in [1.807, 2.05) is 12.1 Å². The molecule has 106 valence electrons. The van der Waals surface area contributed by atoms with Gasteiger partial charge in [-0.2, -0.15) is 0 Å². The first kappa shape index (κ1) is 15.2. The molecule has 0 fully saturated rings. The lowest BCUT2D eigenvalue weighted by atomic mass is 9.87. The monoisotopic (exact) mass is 307 g/mol. The van der Waals surface area contributed by atoms with Crippen molar-refractivity contribution < 1.29 is 0 Å². The Morgan fingerprint density at radius 1 is 0.900 bits per heavy atom. The van der Waals surface area contributed by atoms with E-state index in [1.165, 1.54) is 11.1 Å². The van der Waals surface area contributed by atoms with Crippen molar-refractivity contribution in [2.45, 2.75) is 32.7 Å². The van der Waals surface area contributed by atoms with Crippen molar-refractivity contribution in [1.29, 1.82) is 0 Å². The minimum atomic E-state index is 0.187. The molecule has 0 atom stereocenters. The first-order valence-electron chi connectivity index (χ1n) is 6.64. The van der Waals surface area contributed by atoms with Gasteiger partial charge in [-0.15, -0.1) is 0 Å². The molecule has 2 rings (SSSR count). The maximum atomic E-state index is 5.98. The minimum absolute atomic E-state index is 0.187. The van der Waals surface area contributed by atoms with Crippen LogP contribution in [0.2, 0.25) is 10.0 Å². The summed E-state index contributed by atoms with van der Waals surface area (Å²) in [6.45, 7) is 7.40. The quantitative estimate of drug-likeness (QED) is 0.744. The summed E-state index contributed by atoms with van der Waals surface area (Å²) in [5.74, 6) is 0. The minimum Gasteiger partial charge on any atom is -0.381 e. The number of hydrogen-bond donors (Lipinski definition) is 1. The summed E-state index contributed by atoms with van der Waals surface area (Å²) in [4.78, 5) is 0. The Bertz CT molecular complexity index is 563. The molecule has 0 aliphatic rings. The van der Waals surface area contributed by atoms with E-state index in [4.69, 9.17) is 23.2 Å². The molecule has 0 spiro atoms. The van der Waals surface area contributed by atoms with Gasteiger partial charge < -0.3 is 5.32 Å². The molecule has 0 aliphatic carbocycles. The molecule has 0 saturated carbocycles. The second kappa shape index (κ2) is 6.07. The highest BCUT2D eigenvalue weighted by molar-refractivity contribution is 6.35. The number of hydrogen-bond acceptors (Lipinski definition) is 1. The summed E-state index contributed by atoms with van der Waals surface area (Å²) in [6.07, 6.45) is 0. The van der Waals surface area contributed by atoms with Crippen molar-refractivity contribution in [2.24, 2.45) is 0 Å². The van der Waals surface area contributed by atoms with Crippen molar-refractivity contribution in [2.75, 3.05) is 5.32 Å². The van der Waals surface area contributed by atoms with Crippen LogP contribution in [0.4, 0.5) is 5.69 Å². The summed E-state index contributed by atoms with van der Waals surface area (Å²) >= 11 is 12.0. The van der Waals surface area contributed by atoms with E-state index in [0.29, 0.717) is 10.0 Å². The van der Waals surface area contributed by atoms with Crippen molar-refractivity contribution in [1.82, 2.24) is 0 Å². The number of benzene rings is 2. The highest BCUT2D eigenvalue weighted by Gasteiger charge is 2.12. The van der Waals surface area contributed by atoms with Gasteiger partial charge in [0.05, 0.1) is 0 Å². The summed E-state index contributed by atoms with van der Waals surface area (Å²) in [5, 5.41) is 4.62. The fourth-order valence-corrected chi connectivity index (χ4v) is 2.51. The van der Waals surface area contributed by atoms with Crippen LogP contribution in [0.3, 0.4) is 0 Å². The van der Waals surface area contributed by atoms with Crippen LogP contribution in [0.15, 0.2) is 42.5 Å². The highest BCUT2D eigenvalue weighted by Crippen LogP contribution is 2.24. The Labute approximate surface area is 130 Å². The summed E-state index contributed by atoms with van der Waals surface area (Å²) in [7, 11) is 0. The van der Waals surface area contributed by atoms with Crippen molar-refractivity contribution in [3.63, 3.8) is 0 Å². The maximum absolute atomic E-state index is 5.98. The Morgan fingerprint density at radius 2 is 1.45 bits per heavy atom. The predicted molar refractivity (Wildman–Crippen MR) is 88.9 cm³/mol. The van der Waals surface area contributed by atoms with Crippen LogP contribution in [-0.4, -0.2) is 0 Å². The van der Waals surface area contributed by atoms with Crippen LogP contribution in [-0.2, 0) is 12.0 Å². The highest BCUT2D eigenvalue weighted by atomic mass is 35.5. The fourth-order valence-electron chi connectivity index (χ4n) is 1.98. The number of anilines is 1. The molecule has 0 saturated heterocycles. The topological polar surface area (TPSA) is 12.0 Å². The first-order chi connectivity index (χ1) is 9.34. The zero-order valence-electron chi connectivity index (χ0n) is 12.0. The van der Waals surface area contributed by atoms with Crippen LogP contribution in [0.1, 0.15) is 31.9 Å².